The molecule has 0 radical (unpaired) electrons. The molecule has 4 heterocycles. The van der Waals surface area contributed by atoms with Crippen LogP contribution in [0, 0.1) is 0 Å². The molecule has 0 aromatic carbocycles. The summed E-state index contributed by atoms with van der Waals surface area (Å²) in [6.07, 6.45) is 7.03. The number of hydrogen-bond donors (Lipinski definition) is 2. The highest BCUT2D eigenvalue weighted by Gasteiger charge is 2.29. The molecule has 0 spiro atoms. The predicted molar refractivity (Wildman–Crippen MR) is 114 cm³/mol. The van der Waals surface area contributed by atoms with E-state index in [1.165, 1.54) is 16.8 Å². The molecule has 152 valence electrons. The van der Waals surface area contributed by atoms with Crippen molar-refractivity contribution >= 4 is 26.7 Å². The van der Waals surface area contributed by atoms with E-state index in [4.69, 9.17) is 0 Å². The summed E-state index contributed by atoms with van der Waals surface area (Å²) in [5.41, 5.74) is 2.89. The fourth-order valence-electron chi connectivity index (χ4n) is 3.62. The third-order valence-corrected chi connectivity index (χ3v) is 6.51. The van der Waals surface area contributed by atoms with Crippen LogP contribution < -0.4 is 10.3 Å². The molecule has 0 saturated heterocycles. The lowest BCUT2D eigenvalue weighted by Gasteiger charge is -2.14. The van der Waals surface area contributed by atoms with Gasteiger partial charge in [0.1, 0.15) is 11.3 Å². The van der Waals surface area contributed by atoms with Crippen LogP contribution in [-0.4, -0.2) is 27.9 Å². The van der Waals surface area contributed by atoms with Crippen molar-refractivity contribution in [1.29, 1.82) is 0 Å². The van der Waals surface area contributed by atoms with Crippen LogP contribution in [0.1, 0.15) is 24.3 Å². The third kappa shape index (κ3) is 3.17. The Morgan fingerprint density at radius 2 is 2.00 bits per heavy atom. The topological polar surface area (TPSA) is 110 Å². The van der Waals surface area contributed by atoms with Gasteiger partial charge in [0.15, 0.2) is 5.03 Å². The normalized spacial score (nSPS) is 14.2. The van der Waals surface area contributed by atoms with Gasteiger partial charge >= 0.3 is 0 Å². The summed E-state index contributed by atoms with van der Waals surface area (Å²) in [5, 5.41) is 0.687. The number of nitrogens with zero attached hydrogens (tertiary/aromatic N) is 3. The summed E-state index contributed by atoms with van der Waals surface area (Å²) in [4.78, 5) is 24.0. The number of anilines is 1. The van der Waals surface area contributed by atoms with Crippen molar-refractivity contribution in [2.24, 2.45) is 7.05 Å². The Morgan fingerprint density at radius 3 is 2.73 bits per heavy atom. The van der Waals surface area contributed by atoms with Crippen LogP contribution in [0.3, 0.4) is 0 Å². The molecule has 0 bridgehead atoms. The van der Waals surface area contributed by atoms with E-state index in [1.807, 2.05) is 12.1 Å². The van der Waals surface area contributed by atoms with Gasteiger partial charge in [-0.2, -0.15) is 8.42 Å². The lowest BCUT2D eigenvalue weighted by Crippen LogP contribution is -2.17. The maximum Gasteiger partial charge on any atom is 0.280 e. The molecule has 0 unspecified atom stereocenters. The zero-order valence-electron chi connectivity index (χ0n) is 16.2. The van der Waals surface area contributed by atoms with Crippen molar-refractivity contribution in [1.82, 2.24) is 19.5 Å². The fraction of sp³-hybridized carbons (Fsp3) is 0.190. The molecular weight excluding hydrogens is 402 g/mol. The maximum absolute atomic E-state index is 12.7. The van der Waals surface area contributed by atoms with Gasteiger partial charge in [-0.05, 0) is 48.6 Å². The highest BCUT2D eigenvalue weighted by atomic mass is 32.2. The number of aromatic nitrogens is 4. The van der Waals surface area contributed by atoms with Gasteiger partial charge in [0.2, 0.25) is 0 Å². The first-order valence-electron chi connectivity index (χ1n) is 9.56. The summed E-state index contributed by atoms with van der Waals surface area (Å²) < 4.78 is 29.4. The molecule has 0 aliphatic heterocycles. The molecule has 4 aromatic rings. The van der Waals surface area contributed by atoms with Gasteiger partial charge in [-0.1, -0.05) is 12.1 Å². The lowest BCUT2D eigenvalue weighted by atomic mass is 10.0. The summed E-state index contributed by atoms with van der Waals surface area (Å²) in [7, 11) is -2.17. The van der Waals surface area contributed by atoms with E-state index in [-0.39, 0.29) is 16.4 Å². The molecule has 8 nitrogen and oxygen atoms in total. The number of rotatable bonds is 5. The Hall–Kier alpha value is -3.46. The summed E-state index contributed by atoms with van der Waals surface area (Å²) >= 11 is 0. The Morgan fingerprint density at radius 1 is 1.17 bits per heavy atom. The van der Waals surface area contributed by atoms with Gasteiger partial charge in [0.05, 0.1) is 5.69 Å². The number of H-pyrrole nitrogens is 1. The van der Waals surface area contributed by atoms with Gasteiger partial charge in [-0.3, -0.25) is 9.52 Å². The monoisotopic (exact) mass is 421 g/mol. The maximum atomic E-state index is 12.7. The Bertz CT molecular complexity index is 1420. The number of nitrogens with one attached hydrogen (secondary N) is 2. The zero-order valence-corrected chi connectivity index (χ0v) is 17.0. The Kier molecular flexibility index (Phi) is 4.21. The van der Waals surface area contributed by atoms with Gasteiger partial charge in [-0.25, -0.2) is 9.97 Å². The molecular formula is C21H19N5O3S. The molecule has 4 aromatic heterocycles. The van der Waals surface area contributed by atoms with Crippen molar-refractivity contribution in [3.05, 3.63) is 70.9 Å². The molecule has 1 fully saturated rings. The predicted octanol–water partition coefficient (Wildman–Crippen LogP) is 3.00. The molecule has 1 aliphatic carbocycles. The van der Waals surface area contributed by atoms with Gasteiger partial charge in [0.25, 0.3) is 15.6 Å². The van der Waals surface area contributed by atoms with Crippen LogP contribution in [0.25, 0.3) is 22.2 Å². The van der Waals surface area contributed by atoms with Crippen molar-refractivity contribution < 1.29 is 8.42 Å². The summed E-state index contributed by atoms with van der Waals surface area (Å²) in [6, 6.07) is 10.1. The number of pyridine rings is 3. The first-order chi connectivity index (χ1) is 14.4. The molecule has 0 amide bonds. The van der Waals surface area contributed by atoms with Gasteiger partial charge in [-0.15, -0.1) is 0 Å². The van der Waals surface area contributed by atoms with Crippen LogP contribution >= 0.6 is 0 Å². The van der Waals surface area contributed by atoms with E-state index in [0.717, 1.165) is 29.4 Å². The highest BCUT2D eigenvalue weighted by Crippen LogP contribution is 2.45. The highest BCUT2D eigenvalue weighted by molar-refractivity contribution is 7.92. The van der Waals surface area contributed by atoms with E-state index in [1.54, 1.807) is 37.6 Å². The SMILES string of the molecule is Cn1cc(-c2nc(NS(=O)(=O)c3ccccn3)ccc2C2CC2)c2cc[nH]c2c1=O. The molecule has 1 aliphatic rings. The van der Waals surface area contributed by atoms with E-state index in [0.29, 0.717) is 17.1 Å². The summed E-state index contributed by atoms with van der Waals surface area (Å²) in [6.45, 7) is 0. The van der Waals surface area contributed by atoms with Crippen LogP contribution in [-0.2, 0) is 17.1 Å². The fourth-order valence-corrected chi connectivity index (χ4v) is 4.57. The quantitative estimate of drug-likeness (QED) is 0.515. The Balaban J connectivity index is 1.65. The van der Waals surface area contributed by atoms with Crippen LogP contribution in [0.15, 0.2) is 64.8 Å². The number of aryl methyl sites for hydroxylation is 1. The lowest BCUT2D eigenvalue weighted by molar-refractivity contribution is 0.597. The van der Waals surface area contributed by atoms with Crippen molar-refractivity contribution in [3.8, 4) is 11.3 Å². The average molecular weight is 421 g/mol. The third-order valence-electron chi connectivity index (χ3n) is 5.24. The summed E-state index contributed by atoms with van der Waals surface area (Å²) in [5.74, 6) is 0.595. The molecule has 1 saturated carbocycles. The largest absolute Gasteiger partial charge is 0.357 e. The first kappa shape index (κ1) is 18.6. The van der Waals surface area contributed by atoms with E-state index >= 15 is 0 Å². The van der Waals surface area contributed by atoms with Crippen molar-refractivity contribution in [3.63, 3.8) is 0 Å². The van der Waals surface area contributed by atoms with E-state index in [2.05, 4.69) is 19.7 Å². The van der Waals surface area contributed by atoms with Crippen molar-refractivity contribution in [2.75, 3.05) is 4.72 Å². The molecule has 2 N–H and O–H groups in total. The standard InChI is InChI=1S/C21H19N5O3S/c1-26-12-16(15-9-11-23-20(15)21(26)27)19-14(13-5-6-13)7-8-17(24-19)25-30(28,29)18-4-2-3-10-22-18/h2-4,7-13,23H,5-6H2,1H3,(H,24,25). The van der Waals surface area contributed by atoms with Gasteiger partial charge < -0.3 is 9.55 Å². The van der Waals surface area contributed by atoms with Crippen LogP contribution in [0.5, 0.6) is 0 Å². The second kappa shape index (κ2) is 6.81. The van der Waals surface area contributed by atoms with Crippen LogP contribution in [0.2, 0.25) is 0 Å². The number of aromatic amines is 1. The second-order valence-electron chi connectivity index (χ2n) is 7.41. The van der Waals surface area contributed by atoms with Gasteiger partial charge in [0, 0.05) is 36.6 Å². The Labute approximate surface area is 172 Å². The smallest absolute Gasteiger partial charge is 0.280 e. The number of hydrogen-bond acceptors (Lipinski definition) is 5. The second-order valence-corrected chi connectivity index (χ2v) is 9.04. The van der Waals surface area contributed by atoms with Crippen molar-refractivity contribution in [2.45, 2.75) is 23.8 Å². The molecule has 30 heavy (non-hydrogen) atoms. The number of sulfonamides is 1. The molecule has 5 rings (SSSR count). The van der Waals surface area contributed by atoms with E-state index < -0.39 is 10.0 Å². The minimum atomic E-state index is -3.86. The first-order valence-corrected chi connectivity index (χ1v) is 11.0. The van der Waals surface area contributed by atoms with Crippen LogP contribution in [0.4, 0.5) is 5.82 Å². The van der Waals surface area contributed by atoms with E-state index in [9.17, 15) is 13.2 Å². The zero-order chi connectivity index (χ0) is 20.9. The molecule has 0 atom stereocenters. The minimum Gasteiger partial charge on any atom is -0.357 e. The minimum absolute atomic E-state index is 0.0743. The average Bonchev–Trinajstić information content (AvgIpc) is 3.47. The number of fused-ring (bicyclic) bond motifs is 1. The molecule has 9 heteroatoms.